The van der Waals surface area contributed by atoms with Crippen LogP contribution in [0, 0.1) is 0 Å². The fourth-order valence-corrected chi connectivity index (χ4v) is 3.79. The van der Waals surface area contributed by atoms with Crippen molar-refractivity contribution in [2.75, 3.05) is 19.1 Å². The van der Waals surface area contributed by atoms with Crippen molar-refractivity contribution in [3.05, 3.63) is 107 Å². The highest BCUT2D eigenvalue weighted by atomic mass is 16.5. The van der Waals surface area contributed by atoms with Crippen LogP contribution in [-0.2, 0) is 9.59 Å². The van der Waals surface area contributed by atoms with Gasteiger partial charge in [-0.2, -0.15) is 0 Å². The Morgan fingerprint density at radius 2 is 1.45 bits per heavy atom. The molecule has 6 nitrogen and oxygen atoms in total. The minimum atomic E-state index is -0.801. The van der Waals surface area contributed by atoms with Gasteiger partial charge in [-0.1, -0.05) is 48.5 Å². The lowest BCUT2D eigenvalue weighted by Gasteiger charge is -2.27. The molecule has 0 saturated carbocycles. The van der Waals surface area contributed by atoms with Gasteiger partial charge in [-0.25, -0.2) is 0 Å². The Labute approximate surface area is 192 Å². The summed E-state index contributed by atoms with van der Waals surface area (Å²) in [4.78, 5) is 27.8. The molecule has 0 fully saturated rings. The summed E-state index contributed by atoms with van der Waals surface area (Å²) in [7, 11) is 3.12. The van der Waals surface area contributed by atoms with Crippen molar-refractivity contribution in [2.45, 2.75) is 6.04 Å². The van der Waals surface area contributed by atoms with Crippen LogP contribution in [0.1, 0.15) is 17.2 Å². The molecule has 0 spiro atoms. The third kappa shape index (κ3) is 4.36. The molecule has 1 aliphatic heterocycles. The number of ether oxygens (including phenoxy) is 2. The lowest BCUT2D eigenvalue weighted by atomic mass is 9.95. The smallest absolute Gasteiger partial charge is 0.294 e. The van der Waals surface area contributed by atoms with Gasteiger partial charge >= 0.3 is 0 Å². The minimum Gasteiger partial charge on any atom is -0.503 e. The number of ketones is 1. The van der Waals surface area contributed by atoms with Crippen LogP contribution in [0.2, 0.25) is 0 Å². The Hall–Kier alpha value is -4.32. The summed E-state index contributed by atoms with van der Waals surface area (Å²) >= 11 is 0. The Balaban J connectivity index is 1.77. The number of rotatable bonds is 7. The molecule has 0 aliphatic carbocycles. The van der Waals surface area contributed by atoms with Gasteiger partial charge in [-0.15, -0.1) is 0 Å². The summed E-state index contributed by atoms with van der Waals surface area (Å²) < 4.78 is 10.4. The second-order valence-electron chi connectivity index (χ2n) is 7.42. The zero-order valence-corrected chi connectivity index (χ0v) is 18.3. The lowest BCUT2D eigenvalue weighted by Crippen LogP contribution is -2.30. The molecule has 6 heteroatoms. The molecule has 3 aromatic rings. The third-order valence-electron chi connectivity index (χ3n) is 5.48. The van der Waals surface area contributed by atoms with Gasteiger partial charge < -0.3 is 14.6 Å². The molecular formula is C27H23NO5. The molecule has 1 aliphatic rings. The number of hydrogen-bond acceptors (Lipinski definition) is 5. The summed E-state index contributed by atoms with van der Waals surface area (Å²) in [5.74, 6) is -0.372. The molecule has 1 N–H and O–H groups in total. The second-order valence-corrected chi connectivity index (χ2v) is 7.42. The van der Waals surface area contributed by atoms with E-state index in [2.05, 4.69) is 0 Å². The fraction of sp³-hybridized carbons (Fsp3) is 0.111. The summed E-state index contributed by atoms with van der Waals surface area (Å²) in [5, 5.41) is 10.8. The molecule has 3 aromatic carbocycles. The Kier molecular flexibility index (Phi) is 6.26. The minimum absolute atomic E-state index is 0.0215. The number of aliphatic hydroxyl groups excluding tert-OH is 1. The van der Waals surface area contributed by atoms with Gasteiger partial charge in [0.15, 0.2) is 11.5 Å². The maximum absolute atomic E-state index is 13.2. The highest BCUT2D eigenvalue weighted by Gasteiger charge is 2.43. The van der Waals surface area contributed by atoms with Crippen LogP contribution in [0.4, 0.5) is 5.69 Å². The Bertz CT molecular complexity index is 1210. The standard InChI is InChI=1S/C27H23NO5/c1-32-21-13-9-19(10-14-21)25-24(23(29)17-8-18-6-4-3-5-7-18)26(30)27(31)28(25)20-11-15-22(33-2)16-12-20/h3-17,25,30H,1-2H3/b17-8+/t25-/m1/s1. The number of carbonyl (C=O) groups is 2. The van der Waals surface area contributed by atoms with Crippen molar-refractivity contribution in [3.8, 4) is 11.5 Å². The van der Waals surface area contributed by atoms with Crippen molar-refractivity contribution < 1.29 is 24.2 Å². The van der Waals surface area contributed by atoms with Crippen LogP contribution in [0.15, 0.2) is 96.3 Å². The van der Waals surface area contributed by atoms with E-state index in [4.69, 9.17) is 9.47 Å². The van der Waals surface area contributed by atoms with Crippen LogP contribution in [0.3, 0.4) is 0 Å². The molecule has 1 heterocycles. The van der Waals surface area contributed by atoms with Crippen LogP contribution in [-0.4, -0.2) is 31.0 Å². The summed E-state index contributed by atoms with van der Waals surface area (Å²) in [6.45, 7) is 0. The molecule has 0 saturated heterocycles. The molecule has 0 bridgehead atoms. The van der Waals surface area contributed by atoms with E-state index in [-0.39, 0.29) is 5.57 Å². The zero-order chi connectivity index (χ0) is 23.4. The lowest BCUT2D eigenvalue weighted by molar-refractivity contribution is -0.117. The molecule has 0 aromatic heterocycles. The van der Waals surface area contributed by atoms with Crippen molar-refractivity contribution in [1.82, 2.24) is 0 Å². The maximum atomic E-state index is 13.2. The first-order valence-corrected chi connectivity index (χ1v) is 10.4. The van der Waals surface area contributed by atoms with Crippen LogP contribution < -0.4 is 14.4 Å². The number of methoxy groups -OCH3 is 2. The first-order valence-electron chi connectivity index (χ1n) is 10.4. The normalized spacial score (nSPS) is 15.9. The Morgan fingerprint density at radius 3 is 2.03 bits per heavy atom. The van der Waals surface area contributed by atoms with Gasteiger partial charge in [0.05, 0.1) is 25.8 Å². The average molecular weight is 441 g/mol. The van der Waals surface area contributed by atoms with E-state index in [9.17, 15) is 14.7 Å². The predicted molar refractivity (Wildman–Crippen MR) is 126 cm³/mol. The largest absolute Gasteiger partial charge is 0.503 e. The van der Waals surface area contributed by atoms with Crippen LogP contribution in [0.5, 0.6) is 11.5 Å². The molecule has 166 valence electrons. The molecule has 4 rings (SSSR count). The summed E-state index contributed by atoms with van der Waals surface area (Å²) in [6.07, 6.45) is 3.04. The molecule has 33 heavy (non-hydrogen) atoms. The van der Waals surface area contributed by atoms with E-state index in [0.29, 0.717) is 22.7 Å². The van der Waals surface area contributed by atoms with Crippen molar-refractivity contribution in [2.24, 2.45) is 0 Å². The van der Waals surface area contributed by atoms with E-state index >= 15 is 0 Å². The number of anilines is 1. The van der Waals surface area contributed by atoms with E-state index in [1.807, 2.05) is 30.3 Å². The first-order chi connectivity index (χ1) is 16.0. The van der Waals surface area contributed by atoms with Gasteiger partial charge in [0.1, 0.15) is 11.5 Å². The average Bonchev–Trinajstić information content (AvgIpc) is 3.13. The molecule has 0 radical (unpaired) electrons. The van der Waals surface area contributed by atoms with Gasteiger partial charge in [0, 0.05) is 5.69 Å². The third-order valence-corrected chi connectivity index (χ3v) is 5.48. The topological polar surface area (TPSA) is 76.1 Å². The van der Waals surface area contributed by atoms with E-state index in [1.165, 1.54) is 11.0 Å². The number of nitrogens with zero attached hydrogens (tertiary/aromatic N) is 1. The van der Waals surface area contributed by atoms with Crippen molar-refractivity contribution in [3.63, 3.8) is 0 Å². The Morgan fingerprint density at radius 1 is 0.879 bits per heavy atom. The quantitative estimate of drug-likeness (QED) is 0.529. The van der Waals surface area contributed by atoms with E-state index in [1.54, 1.807) is 68.8 Å². The van der Waals surface area contributed by atoms with Crippen molar-refractivity contribution in [1.29, 1.82) is 0 Å². The fourth-order valence-electron chi connectivity index (χ4n) is 3.79. The zero-order valence-electron chi connectivity index (χ0n) is 18.3. The first kappa shape index (κ1) is 21.9. The van der Waals surface area contributed by atoms with Crippen molar-refractivity contribution >= 4 is 23.5 Å². The van der Waals surface area contributed by atoms with Crippen LogP contribution >= 0.6 is 0 Å². The highest BCUT2D eigenvalue weighted by molar-refractivity contribution is 6.19. The predicted octanol–water partition coefficient (Wildman–Crippen LogP) is 4.89. The van der Waals surface area contributed by atoms with Gasteiger partial charge in [0.25, 0.3) is 5.91 Å². The van der Waals surface area contributed by atoms with Gasteiger partial charge in [0.2, 0.25) is 0 Å². The molecular weight excluding hydrogens is 418 g/mol. The SMILES string of the molecule is COc1ccc([C@@H]2C(C(=O)/C=C/c3ccccc3)=C(O)C(=O)N2c2ccc(OC)cc2)cc1. The van der Waals surface area contributed by atoms with E-state index in [0.717, 1.165) is 5.56 Å². The molecule has 1 amide bonds. The monoisotopic (exact) mass is 441 g/mol. The number of hydrogen-bond donors (Lipinski definition) is 1. The molecule has 0 unspecified atom stereocenters. The maximum Gasteiger partial charge on any atom is 0.294 e. The number of benzene rings is 3. The molecule has 1 atom stereocenters. The number of amides is 1. The van der Waals surface area contributed by atoms with Crippen LogP contribution in [0.25, 0.3) is 6.08 Å². The van der Waals surface area contributed by atoms with Gasteiger partial charge in [-0.05, 0) is 53.6 Å². The second kappa shape index (κ2) is 9.44. The number of aliphatic hydroxyl groups is 1. The number of allylic oxidation sites excluding steroid dienone is 1. The summed E-state index contributed by atoms with van der Waals surface area (Å²) in [6, 6.07) is 22.5. The summed E-state index contributed by atoms with van der Waals surface area (Å²) in [5.41, 5.74) is 2.06. The van der Waals surface area contributed by atoms with Gasteiger partial charge in [-0.3, -0.25) is 14.5 Å². The highest BCUT2D eigenvalue weighted by Crippen LogP contribution is 2.41. The van der Waals surface area contributed by atoms with E-state index < -0.39 is 23.5 Å². The number of carbonyl (C=O) groups excluding carboxylic acids is 2.